The normalized spacial score (nSPS) is 52.4. The van der Waals surface area contributed by atoms with Gasteiger partial charge in [0.15, 0.2) is 11.5 Å². The Morgan fingerprint density at radius 1 is 1.08 bits per heavy atom. The van der Waals surface area contributed by atoms with Crippen LogP contribution in [0.5, 0.6) is 0 Å². The minimum Gasteiger partial charge on any atom is -0.295 e. The van der Waals surface area contributed by atoms with Crippen molar-refractivity contribution in [2.75, 3.05) is 0 Å². The van der Waals surface area contributed by atoms with Crippen LogP contribution in [0, 0.1) is 22.7 Å². The van der Waals surface area contributed by atoms with Crippen LogP contribution in [-0.2, 0) is 4.79 Å². The van der Waals surface area contributed by atoms with Crippen LogP contribution in [0.3, 0.4) is 0 Å². The molecule has 4 aliphatic carbocycles. The minimum atomic E-state index is -2.94. The topological polar surface area (TPSA) is 17.1 Å². The monoisotopic (exact) mass is 374 g/mol. The highest BCUT2D eigenvalue weighted by molar-refractivity contribution is 6.25. The van der Waals surface area contributed by atoms with E-state index in [1.807, 2.05) is 0 Å². The number of hydrogen-bond donors (Lipinski definition) is 0. The summed E-state index contributed by atoms with van der Waals surface area (Å²) >= 11 is 7.28. The molecular formula is C20H26ClF3O. The minimum absolute atomic E-state index is 0.0413. The van der Waals surface area contributed by atoms with Crippen LogP contribution in [0.2, 0.25) is 0 Å². The van der Waals surface area contributed by atoms with Crippen molar-refractivity contribution in [3.8, 4) is 0 Å². The van der Waals surface area contributed by atoms with Crippen LogP contribution in [0.4, 0.5) is 13.2 Å². The summed E-state index contributed by atoms with van der Waals surface area (Å²) in [5.74, 6) is 0.0987. The van der Waals surface area contributed by atoms with Gasteiger partial charge in [-0.2, -0.15) is 0 Å². The molecule has 0 radical (unpaired) electrons. The van der Waals surface area contributed by atoms with E-state index in [2.05, 4.69) is 6.92 Å². The second kappa shape index (κ2) is 5.27. The molecule has 0 heterocycles. The van der Waals surface area contributed by atoms with Gasteiger partial charge in [-0.3, -0.25) is 4.79 Å². The number of hydrogen-bond acceptors (Lipinski definition) is 1. The fourth-order valence-corrected chi connectivity index (χ4v) is 7.40. The Labute approximate surface area is 152 Å². The van der Waals surface area contributed by atoms with E-state index < -0.39 is 22.4 Å². The molecule has 3 saturated carbocycles. The Morgan fingerprint density at radius 3 is 2.48 bits per heavy atom. The van der Waals surface area contributed by atoms with Crippen molar-refractivity contribution < 1.29 is 18.0 Å². The number of allylic oxidation sites excluding steroid dienone is 1. The van der Waals surface area contributed by atoms with Gasteiger partial charge in [0.1, 0.15) is 0 Å². The zero-order valence-corrected chi connectivity index (χ0v) is 15.6. The molecule has 0 aromatic heterocycles. The molecule has 0 amide bonds. The predicted molar refractivity (Wildman–Crippen MR) is 91.6 cm³/mol. The van der Waals surface area contributed by atoms with E-state index in [0.717, 1.165) is 24.8 Å². The molecule has 0 saturated heterocycles. The fraction of sp³-hybridized carbons (Fsp3) is 0.850. The molecule has 1 nitrogen and oxygen atoms in total. The zero-order valence-electron chi connectivity index (χ0n) is 14.9. The fourth-order valence-electron chi connectivity index (χ4n) is 6.83. The molecule has 0 aromatic carbocycles. The van der Waals surface area contributed by atoms with Gasteiger partial charge in [-0.25, -0.2) is 13.2 Å². The highest BCUT2D eigenvalue weighted by atomic mass is 35.5. The lowest BCUT2D eigenvalue weighted by molar-refractivity contribution is -0.142. The molecule has 0 bridgehead atoms. The highest BCUT2D eigenvalue weighted by Crippen LogP contribution is 2.72. The lowest BCUT2D eigenvalue weighted by Crippen LogP contribution is -2.62. The molecule has 3 fully saturated rings. The van der Waals surface area contributed by atoms with E-state index in [0.29, 0.717) is 25.7 Å². The van der Waals surface area contributed by atoms with Crippen LogP contribution < -0.4 is 0 Å². The van der Waals surface area contributed by atoms with Gasteiger partial charge in [-0.1, -0.05) is 19.4 Å². The predicted octanol–water partition coefficient (Wildman–Crippen LogP) is 5.85. The third kappa shape index (κ3) is 2.01. The summed E-state index contributed by atoms with van der Waals surface area (Å²) in [6.07, 6.45) is 2.97. The largest absolute Gasteiger partial charge is 0.295 e. The van der Waals surface area contributed by atoms with Gasteiger partial charge < -0.3 is 0 Å². The van der Waals surface area contributed by atoms with E-state index >= 15 is 4.39 Å². The van der Waals surface area contributed by atoms with Gasteiger partial charge in [0, 0.05) is 17.3 Å². The Hall–Kier alpha value is -0.510. The molecule has 1 unspecified atom stereocenters. The third-order valence-corrected chi connectivity index (χ3v) is 9.46. The molecule has 4 rings (SSSR count). The van der Waals surface area contributed by atoms with Crippen LogP contribution in [0.1, 0.15) is 65.2 Å². The molecule has 0 N–H and O–H groups in total. The summed E-state index contributed by atoms with van der Waals surface area (Å²) in [5, 5.41) is 0. The summed E-state index contributed by atoms with van der Waals surface area (Å²) in [6.45, 7) is 3.86. The van der Waals surface area contributed by atoms with Gasteiger partial charge in [-0.05, 0) is 62.9 Å². The van der Waals surface area contributed by atoms with Gasteiger partial charge in [0.2, 0.25) is 0 Å². The maximum atomic E-state index is 15.3. The Kier molecular flexibility index (Phi) is 3.77. The first-order valence-corrected chi connectivity index (χ1v) is 9.86. The molecule has 0 aliphatic heterocycles. The van der Waals surface area contributed by atoms with Gasteiger partial charge >= 0.3 is 0 Å². The number of carbonyl (C=O) groups is 1. The lowest BCUT2D eigenvalue weighted by Gasteiger charge is -2.63. The van der Waals surface area contributed by atoms with Crippen LogP contribution in [0.25, 0.3) is 0 Å². The molecular weight excluding hydrogens is 349 g/mol. The quantitative estimate of drug-likeness (QED) is 0.526. The first-order valence-electron chi connectivity index (χ1n) is 9.48. The maximum absolute atomic E-state index is 15.3. The average Bonchev–Trinajstić information content (AvgIpc) is 2.83. The summed E-state index contributed by atoms with van der Waals surface area (Å²) in [7, 11) is 0. The number of ketones is 1. The van der Waals surface area contributed by atoms with E-state index in [1.165, 1.54) is 0 Å². The summed E-state index contributed by atoms with van der Waals surface area (Å²) in [5.41, 5.74) is -2.54. The number of fused-ring (bicyclic) bond motifs is 5. The molecule has 4 aliphatic rings. The van der Waals surface area contributed by atoms with Crippen molar-refractivity contribution in [1.82, 2.24) is 0 Å². The Morgan fingerprint density at radius 2 is 1.80 bits per heavy atom. The highest BCUT2D eigenvalue weighted by Gasteiger charge is 2.71. The molecule has 0 spiro atoms. The summed E-state index contributed by atoms with van der Waals surface area (Å²) in [6, 6.07) is 0. The van der Waals surface area contributed by atoms with Crippen LogP contribution >= 0.6 is 11.6 Å². The van der Waals surface area contributed by atoms with Crippen molar-refractivity contribution in [2.24, 2.45) is 22.7 Å². The van der Waals surface area contributed by atoms with Crippen molar-refractivity contribution >= 4 is 17.4 Å². The number of alkyl halides is 4. The molecule has 0 aromatic rings. The Bertz CT molecular complexity index is 649. The van der Waals surface area contributed by atoms with Crippen LogP contribution in [-0.4, -0.2) is 22.8 Å². The third-order valence-electron chi connectivity index (χ3n) is 8.57. The second-order valence-corrected chi connectivity index (χ2v) is 9.88. The van der Waals surface area contributed by atoms with Crippen molar-refractivity contribution in [2.45, 2.75) is 82.2 Å². The summed E-state index contributed by atoms with van der Waals surface area (Å²) in [4.78, 5) is 11.3. The van der Waals surface area contributed by atoms with Crippen molar-refractivity contribution in [3.05, 3.63) is 11.6 Å². The molecule has 6 atom stereocenters. The number of carbonyl (C=O) groups excluding carboxylic acids is 1. The van der Waals surface area contributed by atoms with Gasteiger partial charge in [0.25, 0.3) is 6.43 Å². The van der Waals surface area contributed by atoms with E-state index in [4.69, 9.17) is 11.6 Å². The second-order valence-electron chi connectivity index (χ2n) is 9.20. The first kappa shape index (κ1) is 17.9. The van der Waals surface area contributed by atoms with Crippen molar-refractivity contribution in [3.63, 3.8) is 0 Å². The SMILES string of the molecule is C[C@]12CC[C@]3(Cl)[C@@H](CCC4=CC(=O)CC[C@@]43C)[C@@H]1CCC2(F)C(F)F. The standard InChI is InChI=1S/C20H26ClF3O/c1-17-7-5-13(25)11-12(17)3-4-15-14-6-8-20(24,16(22)23)18(14,2)9-10-19(15,17)21/h11,14-16H,3-10H2,1-2H3/t14-,15-,17-,18-,19-,20?/m0/s1. The number of rotatable bonds is 1. The van der Waals surface area contributed by atoms with Crippen LogP contribution in [0.15, 0.2) is 11.6 Å². The first-order chi connectivity index (χ1) is 11.6. The molecule has 5 heteroatoms. The molecule has 140 valence electrons. The van der Waals surface area contributed by atoms with Gasteiger partial charge in [0.05, 0.1) is 4.87 Å². The van der Waals surface area contributed by atoms with E-state index in [-0.39, 0.29) is 29.5 Å². The zero-order chi connectivity index (χ0) is 18.3. The Balaban J connectivity index is 1.75. The smallest absolute Gasteiger partial charge is 0.272 e. The average molecular weight is 375 g/mol. The summed E-state index contributed by atoms with van der Waals surface area (Å²) < 4.78 is 42.5. The van der Waals surface area contributed by atoms with Crippen molar-refractivity contribution in [1.29, 1.82) is 0 Å². The number of halogens is 4. The van der Waals surface area contributed by atoms with Gasteiger partial charge in [-0.15, -0.1) is 11.6 Å². The van der Waals surface area contributed by atoms with E-state index in [9.17, 15) is 13.6 Å². The molecule has 25 heavy (non-hydrogen) atoms. The van der Waals surface area contributed by atoms with E-state index in [1.54, 1.807) is 13.0 Å². The maximum Gasteiger partial charge on any atom is 0.272 e. The lowest BCUT2D eigenvalue weighted by atomic mass is 9.46.